The molecule has 6 rings (SSSR count). The zero-order chi connectivity index (χ0) is 30.8. The van der Waals surface area contributed by atoms with Crippen molar-refractivity contribution >= 4 is 22.5 Å². The Balaban J connectivity index is 1.16. The first-order valence-corrected chi connectivity index (χ1v) is 16.0. The van der Waals surface area contributed by atoms with Gasteiger partial charge in [0.2, 0.25) is 0 Å². The van der Waals surface area contributed by atoms with Crippen molar-refractivity contribution in [1.29, 1.82) is 0 Å². The maximum atomic E-state index is 13.7. The number of hydrogen-bond donors (Lipinski definition) is 2. The Morgan fingerprint density at radius 1 is 1.00 bits per heavy atom. The molecule has 1 atom stereocenters. The van der Waals surface area contributed by atoms with Gasteiger partial charge < -0.3 is 24.5 Å². The summed E-state index contributed by atoms with van der Waals surface area (Å²) in [5, 5.41) is 4.00. The monoisotopic (exact) mass is 595 g/mol. The van der Waals surface area contributed by atoms with E-state index in [1.165, 1.54) is 11.3 Å². The second kappa shape index (κ2) is 13.0. The molecule has 8 heteroatoms. The van der Waals surface area contributed by atoms with Crippen molar-refractivity contribution in [1.82, 2.24) is 19.8 Å². The predicted octanol–water partition coefficient (Wildman–Crippen LogP) is 5.49. The van der Waals surface area contributed by atoms with Crippen molar-refractivity contribution in [3.63, 3.8) is 0 Å². The summed E-state index contributed by atoms with van der Waals surface area (Å²) in [5.74, 6) is 0.359. The number of piperidine rings is 1. The minimum atomic E-state index is -0.147. The molecular weight excluding hydrogens is 550 g/mol. The van der Waals surface area contributed by atoms with Crippen LogP contribution >= 0.6 is 0 Å². The molecule has 4 heterocycles. The lowest BCUT2D eigenvalue weighted by Gasteiger charge is -2.37. The number of anilines is 1. The molecule has 232 valence electrons. The van der Waals surface area contributed by atoms with E-state index in [0.29, 0.717) is 17.0 Å². The molecule has 0 radical (unpaired) electrons. The minimum absolute atomic E-state index is 0.143. The zero-order valence-corrected chi connectivity index (χ0v) is 26.5. The number of carbonyl (C=O) groups excluding carboxylic acids is 1. The fraction of sp³-hybridized carbons (Fsp3) is 0.444. The molecule has 2 fully saturated rings. The number of rotatable bonds is 8. The van der Waals surface area contributed by atoms with Crippen LogP contribution in [0, 0.1) is 26.7 Å². The largest absolute Gasteiger partial charge is 0.379 e. The quantitative estimate of drug-likeness (QED) is 0.281. The summed E-state index contributed by atoms with van der Waals surface area (Å²) in [6.07, 6.45) is 2.19. The number of aromatic nitrogens is 2. The third kappa shape index (κ3) is 6.19. The van der Waals surface area contributed by atoms with Crippen LogP contribution in [0.5, 0.6) is 0 Å². The van der Waals surface area contributed by atoms with Gasteiger partial charge >= 0.3 is 0 Å². The molecule has 0 aliphatic carbocycles. The molecule has 0 saturated carbocycles. The van der Waals surface area contributed by atoms with Gasteiger partial charge in [0, 0.05) is 78.9 Å². The number of H-pyrrole nitrogens is 1. The van der Waals surface area contributed by atoms with Gasteiger partial charge in [0.1, 0.15) is 0 Å². The Morgan fingerprint density at radius 3 is 2.50 bits per heavy atom. The summed E-state index contributed by atoms with van der Waals surface area (Å²) >= 11 is 0. The number of carbonyl (C=O) groups is 1. The number of aryl methyl sites for hydroxylation is 2. The first kappa shape index (κ1) is 30.2. The Bertz CT molecular complexity index is 1690. The minimum Gasteiger partial charge on any atom is -0.379 e. The number of benzene rings is 2. The number of aromatic amines is 1. The third-order valence-corrected chi connectivity index (χ3v) is 9.72. The van der Waals surface area contributed by atoms with Crippen LogP contribution in [0.3, 0.4) is 0 Å². The van der Waals surface area contributed by atoms with Gasteiger partial charge in [-0.3, -0.25) is 14.5 Å². The second-order valence-corrected chi connectivity index (χ2v) is 12.6. The van der Waals surface area contributed by atoms with E-state index in [1.807, 2.05) is 38.1 Å². The van der Waals surface area contributed by atoms with Crippen molar-refractivity contribution in [3.8, 4) is 0 Å². The molecule has 8 nitrogen and oxygen atoms in total. The Labute approximate surface area is 260 Å². The van der Waals surface area contributed by atoms with Crippen LogP contribution in [-0.2, 0) is 17.8 Å². The summed E-state index contributed by atoms with van der Waals surface area (Å²) in [7, 11) is 0. The van der Waals surface area contributed by atoms with Gasteiger partial charge in [-0.1, -0.05) is 30.3 Å². The molecule has 44 heavy (non-hydrogen) atoms. The van der Waals surface area contributed by atoms with E-state index in [4.69, 9.17) is 4.74 Å². The molecule has 0 spiro atoms. The van der Waals surface area contributed by atoms with Crippen LogP contribution in [0.15, 0.2) is 59.4 Å². The first-order valence-electron chi connectivity index (χ1n) is 16.0. The van der Waals surface area contributed by atoms with Gasteiger partial charge in [-0.15, -0.1) is 0 Å². The lowest BCUT2D eigenvalue weighted by atomic mass is 9.89. The molecule has 2 aliphatic rings. The molecule has 1 unspecified atom stereocenters. The summed E-state index contributed by atoms with van der Waals surface area (Å²) in [5.41, 5.74) is 7.58. The summed E-state index contributed by atoms with van der Waals surface area (Å²) in [4.78, 5) is 34.1. The average Bonchev–Trinajstić information content (AvgIpc) is 3.32. The highest BCUT2D eigenvalue weighted by Crippen LogP contribution is 2.36. The van der Waals surface area contributed by atoms with Crippen molar-refractivity contribution in [2.24, 2.45) is 5.92 Å². The van der Waals surface area contributed by atoms with Gasteiger partial charge in [0.15, 0.2) is 0 Å². The van der Waals surface area contributed by atoms with Gasteiger partial charge in [0.05, 0.1) is 18.8 Å². The Morgan fingerprint density at radius 2 is 1.75 bits per heavy atom. The van der Waals surface area contributed by atoms with Crippen LogP contribution in [0.25, 0.3) is 10.9 Å². The third-order valence-electron chi connectivity index (χ3n) is 9.72. The zero-order valence-electron chi connectivity index (χ0n) is 26.5. The smallest absolute Gasteiger partial charge is 0.254 e. The van der Waals surface area contributed by atoms with Crippen LogP contribution in [0.1, 0.15) is 64.2 Å². The standard InChI is InChI=1S/C36H45N5O3/c1-24-20-25(2)38-35(42)32(24)22-37-36(43)34-27(4)41(33-11-6-5-10-31(33)34)26(3)29-12-14-40(15-13-29)30-9-7-8-28(21-30)23-39-16-18-44-19-17-39/h5-11,20-21,26,29H,12-19,22-23H2,1-4H3,(H,37,43)(H,38,42). The highest BCUT2D eigenvalue weighted by molar-refractivity contribution is 6.08. The number of fused-ring (bicyclic) bond motifs is 1. The van der Waals surface area contributed by atoms with Crippen molar-refractivity contribution in [3.05, 3.63) is 98.6 Å². The number of morpholine rings is 1. The highest BCUT2D eigenvalue weighted by atomic mass is 16.5. The number of ether oxygens (including phenoxy) is 1. The molecule has 2 aromatic carbocycles. The lowest BCUT2D eigenvalue weighted by molar-refractivity contribution is 0.0342. The van der Waals surface area contributed by atoms with E-state index >= 15 is 0 Å². The van der Waals surface area contributed by atoms with E-state index in [9.17, 15) is 9.59 Å². The van der Waals surface area contributed by atoms with Gasteiger partial charge in [0.25, 0.3) is 11.5 Å². The Hall–Kier alpha value is -3.88. The van der Waals surface area contributed by atoms with Crippen LogP contribution in [-0.4, -0.2) is 59.8 Å². The number of hydrogen-bond acceptors (Lipinski definition) is 5. The fourth-order valence-corrected chi connectivity index (χ4v) is 7.28. The van der Waals surface area contributed by atoms with Crippen LogP contribution in [0.2, 0.25) is 0 Å². The highest BCUT2D eigenvalue weighted by Gasteiger charge is 2.29. The lowest BCUT2D eigenvalue weighted by Crippen LogP contribution is -2.37. The molecule has 4 aromatic rings. The van der Waals surface area contributed by atoms with E-state index in [1.54, 1.807) is 0 Å². The van der Waals surface area contributed by atoms with Crippen molar-refractivity contribution in [2.45, 2.75) is 59.7 Å². The molecule has 2 N–H and O–H groups in total. The second-order valence-electron chi connectivity index (χ2n) is 12.6. The molecule has 2 aromatic heterocycles. The molecular formula is C36H45N5O3. The summed E-state index contributed by atoms with van der Waals surface area (Å²) in [6, 6.07) is 19.4. The normalized spacial score (nSPS) is 17.2. The summed E-state index contributed by atoms with van der Waals surface area (Å²) < 4.78 is 7.89. The van der Waals surface area contributed by atoms with Gasteiger partial charge in [-0.2, -0.15) is 0 Å². The van der Waals surface area contributed by atoms with Crippen LogP contribution in [0.4, 0.5) is 5.69 Å². The number of nitrogens with zero attached hydrogens (tertiary/aromatic N) is 3. The SMILES string of the molecule is Cc1cc(C)c(CNC(=O)c2c(C)n(C(C)C3CCN(c4cccc(CN5CCOCC5)c4)CC3)c3ccccc23)c(=O)[nH]1. The van der Waals surface area contributed by atoms with Gasteiger partial charge in [-0.25, -0.2) is 0 Å². The van der Waals surface area contributed by atoms with Crippen molar-refractivity contribution in [2.75, 3.05) is 44.3 Å². The van der Waals surface area contributed by atoms with E-state index in [0.717, 1.165) is 86.6 Å². The van der Waals surface area contributed by atoms with Crippen molar-refractivity contribution < 1.29 is 9.53 Å². The first-order chi connectivity index (χ1) is 21.3. The number of para-hydroxylation sites is 1. The maximum Gasteiger partial charge on any atom is 0.254 e. The average molecular weight is 596 g/mol. The topological polar surface area (TPSA) is 82.6 Å². The molecule has 0 bridgehead atoms. The molecule has 2 saturated heterocycles. The van der Waals surface area contributed by atoms with E-state index in [-0.39, 0.29) is 24.1 Å². The molecule has 1 amide bonds. The summed E-state index contributed by atoms with van der Waals surface area (Å²) in [6.45, 7) is 15.0. The maximum absolute atomic E-state index is 13.7. The Kier molecular flexibility index (Phi) is 8.91. The number of amides is 1. The van der Waals surface area contributed by atoms with Gasteiger partial charge in [-0.05, 0) is 81.8 Å². The number of nitrogens with one attached hydrogen (secondary N) is 2. The molecule has 2 aliphatic heterocycles. The van der Waals surface area contributed by atoms with Crippen LogP contribution < -0.4 is 15.8 Å². The predicted molar refractivity (Wildman–Crippen MR) is 177 cm³/mol. The number of pyridine rings is 1. The van der Waals surface area contributed by atoms with E-state index in [2.05, 4.69) is 68.8 Å². The fourth-order valence-electron chi connectivity index (χ4n) is 7.28. The van der Waals surface area contributed by atoms with E-state index < -0.39 is 0 Å².